The first-order valence-electron chi connectivity index (χ1n) is 37.5. The number of aliphatic hydroxyl groups excluding tert-OH is 1. The number of carboxylic acids is 1. The molecule has 0 spiro atoms. The summed E-state index contributed by atoms with van der Waals surface area (Å²) >= 11 is 3.44. The van der Waals surface area contributed by atoms with Crippen LogP contribution in [0.5, 0.6) is 0 Å². The van der Waals surface area contributed by atoms with E-state index < -0.39 is 5.97 Å². The molecule has 0 saturated carbocycles. The first-order chi connectivity index (χ1) is 51.0. The van der Waals surface area contributed by atoms with Crippen LogP contribution in [-0.2, 0) is 46.1 Å². The highest BCUT2D eigenvalue weighted by Gasteiger charge is 2.08. The summed E-state index contributed by atoms with van der Waals surface area (Å²) < 4.78 is 10.9. The molecule has 120 heavy (non-hydrogen) atoms. The molecular formula is C93H182N22O3S2. The van der Waals surface area contributed by atoms with Crippen LogP contribution in [0, 0.1) is 0 Å². The summed E-state index contributed by atoms with van der Waals surface area (Å²) in [5.74, 6) is 5.80. The average molecular weight is 1720 g/mol. The number of aliphatic carboxylic acids is 1. The molecule has 0 bridgehead atoms. The quantitative estimate of drug-likeness (QED) is 0.0494. The van der Waals surface area contributed by atoms with Crippen LogP contribution in [0.25, 0.3) is 0 Å². The SMILES string of the molecule is C.C.C.C.C.C.C.C.C.C.C.C.CC(C)c1ccn(C)n1.CC(C)c1ccn(CC(=O)O)n1.CC(C)c1ccn(CCCO)n1.CC(C)c1ccn[nH]1.CC(C)c1ccn[nH]1.CC(C)c1ccnn1C.CC(C)c1cn[nH]c1.CC(C)c1cnc[nH]1.CC(C)c1cncn1C.CC(C)c1cncs1.CC(C)c1cnn(C)c1.CC(C)c1nccs1. The van der Waals surface area contributed by atoms with Gasteiger partial charge in [-0.05, 0) is 119 Å². The molecule has 27 heteroatoms. The maximum Gasteiger partial charge on any atom is 0.325 e. The maximum atomic E-state index is 10.3. The number of aromatic amines is 4. The summed E-state index contributed by atoms with van der Waals surface area (Å²) in [6.07, 6.45) is 30.6. The van der Waals surface area contributed by atoms with Gasteiger partial charge in [0.2, 0.25) is 0 Å². The predicted octanol–water partition coefficient (Wildman–Crippen LogP) is 27.0. The summed E-state index contributed by atoms with van der Waals surface area (Å²) in [7, 11) is 7.86. The van der Waals surface area contributed by atoms with Crippen LogP contribution in [0.4, 0.5) is 0 Å². The van der Waals surface area contributed by atoms with Gasteiger partial charge in [-0.1, -0.05) is 255 Å². The number of nitrogens with one attached hydrogen (secondary N) is 4. The molecule has 12 rings (SSSR count). The van der Waals surface area contributed by atoms with Crippen molar-refractivity contribution >= 4 is 28.6 Å². The van der Waals surface area contributed by atoms with Crippen molar-refractivity contribution in [2.45, 2.75) is 346 Å². The highest BCUT2D eigenvalue weighted by Crippen LogP contribution is 2.19. The lowest BCUT2D eigenvalue weighted by Crippen LogP contribution is -2.09. The van der Waals surface area contributed by atoms with Gasteiger partial charge in [0, 0.05) is 160 Å². The fourth-order valence-electron chi connectivity index (χ4n) is 8.67. The van der Waals surface area contributed by atoms with Gasteiger partial charge in [0.1, 0.15) is 6.54 Å². The number of hydrogen-bond acceptors (Lipinski definition) is 16. The van der Waals surface area contributed by atoms with E-state index in [1.165, 1.54) is 54.2 Å². The van der Waals surface area contributed by atoms with Crippen LogP contribution in [0.1, 0.15) is 399 Å². The Morgan fingerprint density at radius 2 is 0.942 bits per heavy atom. The molecule has 0 saturated heterocycles. The molecule has 0 fully saturated rings. The second kappa shape index (κ2) is 77.1. The minimum atomic E-state index is -0.867. The summed E-state index contributed by atoms with van der Waals surface area (Å²) in [5, 5.41) is 61.1. The minimum absolute atomic E-state index is 0. The number of hydrogen-bond donors (Lipinski definition) is 6. The Balaban J connectivity index is -0.000000105. The van der Waals surface area contributed by atoms with Gasteiger partial charge in [0.15, 0.2) is 0 Å². The summed E-state index contributed by atoms with van der Waals surface area (Å²) in [6, 6.07) is 11.9. The van der Waals surface area contributed by atoms with Crippen molar-refractivity contribution in [3.8, 4) is 0 Å². The third-order valence-electron chi connectivity index (χ3n) is 15.5. The van der Waals surface area contributed by atoms with Crippen molar-refractivity contribution < 1.29 is 15.0 Å². The van der Waals surface area contributed by atoms with Crippen LogP contribution < -0.4 is 0 Å². The Hall–Kier alpha value is -9.21. The molecule has 0 aliphatic heterocycles. The van der Waals surface area contributed by atoms with E-state index in [9.17, 15) is 4.79 Å². The lowest BCUT2D eigenvalue weighted by Gasteiger charge is -2.03. The fourth-order valence-corrected chi connectivity index (χ4v) is 9.97. The van der Waals surface area contributed by atoms with Crippen LogP contribution in [0.2, 0.25) is 0 Å². The van der Waals surface area contributed by atoms with Gasteiger partial charge in [0.25, 0.3) is 0 Å². The maximum absolute atomic E-state index is 10.3. The Bertz CT molecular complexity index is 3590. The average Bonchev–Trinajstić information content (AvgIpc) is 1.76. The molecule has 0 aliphatic rings. The largest absolute Gasteiger partial charge is 0.480 e. The van der Waals surface area contributed by atoms with Gasteiger partial charge < -0.3 is 19.8 Å². The van der Waals surface area contributed by atoms with E-state index in [2.05, 4.69) is 233 Å². The fraction of sp³-hybridized carbons (Fsp3) is 0.602. The number of H-pyrrole nitrogens is 4. The van der Waals surface area contributed by atoms with Gasteiger partial charge in [-0.3, -0.25) is 48.5 Å². The van der Waals surface area contributed by atoms with Crippen molar-refractivity contribution in [2.75, 3.05) is 6.61 Å². The van der Waals surface area contributed by atoms with Gasteiger partial charge in [-0.15, -0.1) is 22.7 Å². The molecule has 12 aromatic rings. The molecule has 6 N–H and O–H groups in total. The number of carbonyl (C=O) groups is 1. The molecule has 12 aromatic heterocycles. The predicted molar refractivity (Wildman–Crippen MR) is 525 cm³/mol. The molecule has 25 nitrogen and oxygen atoms in total. The second-order valence-corrected chi connectivity index (χ2v) is 31.1. The number of rotatable bonds is 17. The summed E-state index contributed by atoms with van der Waals surface area (Å²) in [5.41, 5.74) is 13.8. The van der Waals surface area contributed by atoms with Crippen molar-refractivity contribution in [3.63, 3.8) is 0 Å². The highest BCUT2D eigenvalue weighted by atomic mass is 32.1. The molecule has 0 atom stereocenters. The lowest BCUT2D eigenvalue weighted by molar-refractivity contribution is -0.137. The number of imidazole rings is 2. The molecule has 12 heterocycles. The van der Waals surface area contributed by atoms with E-state index in [0.717, 1.165) is 30.0 Å². The zero-order chi connectivity index (χ0) is 81.4. The molecule has 0 radical (unpaired) electrons. The standard InChI is InChI=1S/C9H16N2O.C8H12N2O2.4C7H12N2.4C6H10N2.2C6H9NS.12CH4/c1-8(2)9-4-6-11(10-9)5-3-7-12;1-6(2)7-3-4-10(9-7)5-8(11)12;1-6(2)7-4-8-5-9(7)3;1-6(2)7-4-8-9(3)5-7;1-6(2)7-4-5-9(3)8-7;1-6(2)7-4-5-8-9(7)3;1-5(2)6-3-7-4-8-6;1-5(2)6-3-7-8-4-6;2*1-5(2)6-3-4-7-8-6;1-5(2)6-3-7-4-8-6;1-5(2)6-7-3-4-8-6;;;;;;;;;;;;/h4,6,8,12H,3,5,7H2,1-2H3;3-4,6H,5H2,1-2H3,(H,11,12);4*4-6H,1-3H3;4*3-5H,1-2H3,(H,7,8);2*3-5H,1-2H3;12*1H4. The normalized spacial score (nSPS) is 9.51. The van der Waals surface area contributed by atoms with E-state index in [1.807, 2.05) is 187 Å². The number of aliphatic hydroxyl groups is 1. The number of nitrogens with zero attached hydrogens (tertiary/aromatic N) is 18. The van der Waals surface area contributed by atoms with E-state index in [4.69, 9.17) is 10.2 Å². The second-order valence-electron chi connectivity index (χ2n) is 29.3. The molecule has 694 valence electrons. The Morgan fingerprint density at radius 3 is 1.18 bits per heavy atom. The molecule has 0 unspecified atom stereocenters. The van der Waals surface area contributed by atoms with E-state index >= 15 is 0 Å². The Labute approximate surface area is 742 Å². The van der Waals surface area contributed by atoms with Gasteiger partial charge in [-0.2, -0.15) is 40.8 Å². The van der Waals surface area contributed by atoms with E-state index in [0.29, 0.717) is 71.0 Å². The monoisotopic (exact) mass is 1720 g/mol. The molecular weight excluding hydrogens is 1540 g/mol. The zero-order valence-electron chi connectivity index (χ0n) is 70.3. The smallest absolute Gasteiger partial charge is 0.325 e. The Kier molecular flexibility index (Phi) is 88.0. The topological polar surface area (TPSA) is 305 Å². The summed E-state index contributed by atoms with van der Waals surface area (Å²) in [4.78, 5) is 30.7. The van der Waals surface area contributed by atoms with Crippen LogP contribution in [-0.4, -0.2) is 132 Å². The Morgan fingerprint density at radius 1 is 0.442 bits per heavy atom. The van der Waals surface area contributed by atoms with E-state index in [1.54, 1.807) is 47.6 Å². The molecule has 0 aliphatic carbocycles. The number of aryl methyl sites for hydroxylation is 5. The van der Waals surface area contributed by atoms with Crippen molar-refractivity contribution in [1.82, 2.24) is 109 Å². The zero-order valence-corrected chi connectivity index (χ0v) is 71.9. The van der Waals surface area contributed by atoms with Crippen LogP contribution in [0.15, 0.2) is 147 Å². The molecule has 0 amide bonds. The first-order valence-corrected chi connectivity index (χ1v) is 39.3. The van der Waals surface area contributed by atoms with Crippen molar-refractivity contribution in [1.29, 1.82) is 0 Å². The number of carboxylic acid groups (broad SMARTS) is 1. The van der Waals surface area contributed by atoms with Crippen LogP contribution >= 0.6 is 22.7 Å². The van der Waals surface area contributed by atoms with E-state index in [-0.39, 0.29) is 102 Å². The summed E-state index contributed by atoms with van der Waals surface area (Å²) in [6.45, 7) is 52.3. The van der Waals surface area contributed by atoms with Crippen molar-refractivity contribution in [3.05, 3.63) is 213 Å². The van der Waals surface area contributed by atoms with Gasteiger partial charge in [-0.25, -0.2) is 15.0 Å². The lowest BCUT2D eigenvalue weighted by atomic mass is 10.1. The third-order valence-corrected chi connectivity index (χ3v) is 17.7. The van der Waals surface area contributed by atoms with Gasteiger partial charge in [0.05, 0.1) is 52.6 Å². The highest BCUT2D eigenvalue weighted by molar-refractivity contribution is 7.09. The number of thiazole rings is 2. The molecule has 0 aromatic carbocycles. The number of aromatic nitrogens is 22. The third kappa shape index (κ3) is 60.3. The van der Waals surface area contributed by atoms with Crippen LogP contribution in [0.3, 0.4) is 0 Å². The minimum Gasteiger partial charge on any atom is -0.480 e. The van der Waals surface area contributed by atoms with Crippen molar-refractivity contribution in [2.24, 2.45) is 28.2 Å². The first kappa shape index (κ1) is 137. The van der Waals surface area contributed by atoms with Gasteiger partial charge >= 0.3 is 5.97 Å².